The van der Waals surface area contributed by atoms with Crippen LogP contribution in [-0.2, 0) is 6.54 Å². The van der Waals surface area contributed by atoms with Gasteiger partial charge in [0.05, 0.1) is 11.2 Å². The lowest BCUT2D eigenvalue weighted by atomic mass is 9.83. The summed E-state index contributed by atoms with van der Waals surface area (Å²) in [6.07, 6.45) is 7.59. The van der Waals surface area contributed by atoms with Crippen LogP contribution in [0.15, 0.2) is 10.9 Å². The van der Waals surface area contributed by atoms with Crippen LogP contribution in [0.3, 0.4) is 0 Å². The summed E-state index contributed by atoms with van der Waals surface area (Å²) < 4.78 is 0. The average molecular weight is 254 g/mol. The van der Waals surface area contributed by atoms with E-state index in [9.17, 15) is 5.11 Å². The maximum absolute atomic E-state index is 9.17. The summed E-state index contributed by atoms with van der Waals surface area (Å²) in [5, 5.41) is 14.8. The van der Waals surface area contributed by atoms with Crippen molar-refractivity contribution in [3.63, 3.8) is 0 Å². The zero-order chi connectivity index (χ0) is 11.9. The number of hydrogen-bond donors (Lipinski definition) is 2. The smallest absolute Gasteiger partial charge is 0.0795 e. The van der Waals surface area contributed by atoms with E-state index in [0.717, 1.165) is 24.6 Å². The van der Waals surface area contributed by atoms with Crippen LogP contribution >= 0.6 is 11.3 Å². The van der Waals surface area contributed by atoms with Crippen LogP contribution in [0.5, 0.6) is 0 Å². The molecule has 1 aromatic rings. The van der Waals surface area contributed by atoms with Gasteiger partial charge in [0.25, 0.3) is 0 Å². The van der Waals surface area contributed by atoms with E-state index >= 15 is 0 Å². The monoisotopic (exact) mass is 254 g/mol. The summed E-state index contributed by atoms with van der Waals surface area (Å²) in [6, 6.07) is 0.460. The summed E-state index contributed by atoms with van der Waals surface area (Å²) >= 11 is 1.64. The molecule has 0 aliphatic heterocycles. The van der Waals surface area contributed by atoms with Crippen molar-refractivity contribution < 1.29 is 5.11 Å². The Morgan fingerprint density at radius 1 is 1.41 bits per heavy atom. The molecule has 2 N–H and O–H groups in total. The molecule has 1 fully saturated rings. The number of nitrogens with zero attached hydrogens (tertiary/aromatic N) is 1. The van der Waals surface area contributed by atoms with Gasteiger partial charge in [0.1, 0.15) is 0 Å². The molecule has 1 aliphatic carbocycles. The number of aromatic nitrogens is 1. The van der Waals surface area contributed by atoms with Gasteiger partial charge in [-0.25, -0.2) is 4.98 Å². The zero-order valence-electron chi connectivity index (χ0n) is 10.3. The van der Waals surface area contributed by atoms with Gasteiger partial charge in [-0.1, -0.05) is 19.3 Å². The molecule has 0 unspecified atom stereocenters. The van der Waals surface area contributed by atoms with Crippen molar-refractivity contribution in [1.82, 2.24) is 10.3 Å². The molecule has 17 heavy (non-hydrogen) atoms. The molecular weight excluding hydrogens is 232 g/mol. The predicted molar refractivity (Wildman–Crippen MR) is 71.0 cm³/mol. The molecule has 1 aromatic heterocycles. The number of aliphatic hydroxyl groups excluding tert-OH is 1. The molecule has 0 aromatic carbocycles. The highest BCUT2D eigenvalue weighted by atomic mass is 32.1. The van der Waals surface area contributed by atoms with Gasteiger partial charge in [-0.15, -0.1) is 11.3 Å². The molecule has 0 radical (unpaired) electrons. The third-order valence-corrected chi connectivity index (χ3v) is 4.32. The molecular formula is C13H22N2OS. The fraction of sp³-hybridized carbons (Fsp3) is 0.769. The fourth-order valence-electron chi connectivity index (χ4n) is 2.74. The van der Waals surface area contributed by atoms with Gasteiger partial charge in [0, 0.05) is 24.6 Å². The van der Waals surface area contributed by atoms with E-state index in [1.807, 2.05) is 5.51 Å². The van der Waals surface area contributed by atoms with E-state index in [1.165, 1.54) is 32.1 Å². The lowest BCUT2D eigenvalue weighted by molar-refractivity contribution is 0.205. The standard InChI is InChI=1S/C13H22N2OS/c16-7-6-13(11-4-2-1-3-5-11)14-8-12-9-17-10-15-12/h9-11,13-14,16H,1-8H2/t13-/m0/s1. The van der Waals surface area contributed by atoms with E-state index in [-0.39, 0.29) is 6.61 Å². The molecule has 1 saturated carbocycles. The highest BCUT2D eigenvalue weighted by Crippen LogP contribution is 2.27. The van der Waals surface area contributed by atoms with Crippen molar-refractivity contribution >= 4 is 11.3 Å². The van der Waals surface area contributed by atoms with E-state index < -0.39 is 0 Å². The van der Waals surface area contributed by atoms with Crippen LogP contribution in [-0.4, -0.2) is 22.7 Å². The van der Waals surface area contributed by atoms with Gasteiger partial charge >= 0.3 is 0 Å². The quantitative estimate of drug-likeness (QED) is 0.820. The molecule has 96 valence electrons. The highest BCUT2D eigenvalue weighted by Gasteiger charge is 2.22. The van der Waals surface area contributed by atoms with Crippen molar-refractivity contribution in [2.75, 3.05) is 6.61 Å². The Labute approximate surface area is 107 Å². The van der Waals surface area contributed by atoms with Gasteiger partial charge in [-0.2, -0.15) is 0 Å². The van der Waals surface area contributed by atoms with E-state index in [1.54, 1.807) is 11.3 Å². The molecule has 1 atom stereocenters. The Bertz CT molecular complexity index is 296. The van der Waals surface area contributed by atoms with Crippen LogP contribution in [0, 0.1) is 5.92 Å². The zero-order valence-corrected chi connectivity index (χ0v) is 11.1. The topological polar surface area (TPSA) is 45.1 Å². The Hall–Kier alpha value is -0.450. The predicted octanol–water partition coefficient (Wildman–Crippen LogP) is 2.56. The van der Waals surface area contributed by atoms with E-state index in [2.05, 4.69) is 15.7 Å². The second kappa shape index (κ2) is 7.09. The summed E-state index contributed by atoms with van der Waals surface area (Å²) in [5.41, 5.74) is 2.99. The third kappa shape index (κ3) is 4.05. The number of hydrogen-bond acceptors (Lipinski definition) is 4. The number of rotatable bonds is 6. The van der Waals surface area contributed by atoms with E-state index in [0.29, 0.717) is 6.04 Å². The van der Waals surface area contributed by atoms with Crippen molar-refractivity contribution in [2.45, 2.75) is 51.1 Å². The first-order chi connectivity index (χ1) is 8.40. The Morgan fingerprint density at radius 2 is 2.24 bits per heavy atom. The second-order valence-corrected chi connectivity index (χ2v) is 5.60. The first-order valence-corrected chi connectivity index (χ1v) is 7.55. The summed E-state index contributed by atoms with van der Waals surface area (Å²) in [7, 11) is 0. The van der Waals surface area contributed by atoms with Crippen LogP contribution in [0.2, 0.25) is 0 Å². The lowest BCUT2D eigenvalue weighted by Gasteiger charge is -2.30. The molecule has 0 spiro atoms. The minimum atomic E-state index is 0.283. The largest absolute Gasteiger partial charge is 0.396 e. The van der Waals surface area contributed by atoms with E-state index in [4.69, 9.17) is 0 Å². The van der Waals surface area contributed by atoms with Crippen LogP contribution < -0.4 is 5.32 Å². The SMILES string of the molecule is OCC[C@H](NCc1cscn1)C1CCCCC1. The maximum atomic E-state index is 9.17. The molecule has 1 aliphatic rings. The first kappa shape index (κ1) is 13.0. The third-order valence-electron chi connectivity index (χ3n) is 3.69. The summed E-state index contributed by atoms with van der Waals surface area (Å²) in [6.45, 7) is 1.12. The molecule has 0 amide bonds. The molecule has 1 heterocycles. The second-order valence-electron chi connectivity index (χ2n) is 4.88. The summed E-state index contributed by atoms with van der Waals surface area (Å²) in [4.78, 5) is 4.29. The Morgan fingerprint density at radius 3 is 2.88 bits per heavy atom. The number of aliphatic hydroxyl groups is 1. The number of nitrogens with one attached hydrogen (secondary N) is 1. The normalized spacial score (nSPS) is 19.4. The van der Waals surface area contributed by atoms with Crippen molar-refractivity contribution in [2.24, 2.45) is 5.92 Å². The van der Waals surface area contributed by atoms with Gasteiger partial charge in [0.2, 0.25) is 0 Å². The van der Waals surface area contributed by atoms with Gasteiger partial charge < -0.3 is 10.4 Å². The first-order valence-electron chi connectivity index (χ1n) is 6.61. The average Bonchev–Trinajstić information content (AvgIpc) is 2.88. The lowest BCUT2D eigenvalue weighted by Crippen LogP contribution is -2.37. The van der Waals surface area contributed by atoms with Crippen molar-refractivity contribution in [3.05, 3.63) is 16.6 Å². The van der Waals surface area contributed by atoms with Gasteiger partial charge in [-0.05, 0) is 25.2 Å². The van der Waals surface area contributed by atoms with Crippen molar-refractivity contribution in [3.8, 4) is 0 Å². The maximum Gasteiger partial charge on any atom is 0.0795 e. The Balaban J connectivity index is 1.82. The minimum absolute atomic E-state index is 0.283. The van der Waals surface area contributed by atoms with Crippen LogP contribution in [0.4, 0.5) is 0 Å². The Kier molecular flexibility index (Phi) is 5.42. The molecule has 2 rings (SSSR count). The fourth-order valence-corrected chi connectivity index (χ4v) is 3.30. The molecule has 0 saturated heterocycles. The minimum Gasteiger partial charge on any atom is -0.396 e. The van der Waals surface area contributed by atoms with Crippen LogP contribution in [0.1, 0.15) is 44.2 Å². The van der Waals surface area contributed by atoms with Gasteiger partial charge in [0.15, 0.2) is 0 Å². The highest BCUT2D eigenvalue weighted by molar-refractivity contribution is 7.07. The molecule has 3 nitrogen and oxygen atoms in total. The van der Waals surface area contributed by atoms with Gasteiger partial charge in [-0.3, -0.25) is 0 Å². The molecule has 4 heteroatoms. The molecule has 0 bridgehead atoms. The number of thiazole rings is 1. The van der Waals surface area contributed by atoms with Crippen molar-refractivity contribution in [1.29, 1.82) is 0 Å². The summed E-state index contributed by atoms with van der Waals surface area (Å²) in [5.74, 6) is 0.745. The van der Waals surface area contributed by atoms with Crippen LogP contribution in [0.25, 0.3) is 0 Å².